The van der Waals surface area contributed by atoms with Crippen molar-refractivity contribution in [2.45, 2.75) is 0 Å². The number of pyridine rings is 1. The fourth-order valence-electron chi connectivity index (χ4n) is 1.70. The highest BCUT2D eigenvalue weighted by Gasteiger charge is 2.30. The van der Waals surface area contributed by atoms with Gasteiger partial charge in [0, 0.05) is 10.7 Å². The van der Waals surface area contributed by atoms with Crippen molar-refractivity contribution >= 4 is 44.5 Å². The maximum absolute atomic E-state index is 11.1. The van der Waals surface area contributed by atoms with Crippen molar-refractivity contribution in [1.82, 2.24) is 4.98 Å². The lowest BCUT2D eigenvalue weighted by molar-refractivity contribution is -0.401. The molecule has 2 aromatic rings. The molecule has 0 atom stereocenters. The molecule has 1 heterocycles. The first-order valence-corrected chi connectivity index (χ1v) is 6.58. The van der Waals surface area contributed by atoms with E-state index in [4.69, 9.17) is 0 Å². The number of nitrogens with zero attached hydrogens (tertiary/aromatic N) is 4. The molecule has 1 aromatic carbocycles. The molecule has 0 aliphatic heterocycles. The molecule has 0 fully saturated rings. The lowest BCUT2D eigenvalue weighted by atomic mass is 10.2. The molecule has 0 amide bonds. The largest absolute Gasteiger partial charge is 0.329 e. The van der Waals surface area contributed by atoms with Gasteiger partial charge in [-0.05, 0) is 28.1 Å². The Morgan fingerprint density at radius 1 is 0.957 bits per heavy atom. The van der Waals surface area contributed by atoms with E-state index in [0.717, 1.165) is 0 Å². The summed E-state index contributed by atoms with van der Waals surface area (Å²) < 4.78 is 0.635. The standard InChI is InChI=1S/C11H6BrN5O6/c12-6-1-2-10(13-5-6)14-11-8(16(20)21)3-7(15(18)19)4-9(11)17(22)23/h1-5H,(H,13,14). The lowest BCUT2D eigenvalue weighted by Crippen LogP contribution is -2.04. The summed E-state index contributed by atoms with van der Waals surface area (Å²) in [7, 11) is 0. The number of anilines is 2. The van der Waals surface area contributed by atoms with Crippen LogP contribution in [0.5, 0.6) is 0 Å². The molecule has 11 nitrogen and oxygen atoms in total. The van der Waals surface area contributed by atoms with Crippen LogP contribution in [-0.2, 0) is 0 Å². The Bertz CT molecular complexity index is 774. The fourth-order valence-corrected chi connectivity index (χ4v) is 1.93. The fraction of sp³-hybridized carbons (Fsp3) is 0. The average Bonchev–Trinajstić information content (AvgIpc) is 2.48. The Balaban J connectivity index is 2.63. The number of nitro benzene ring substituents is 3. The average molecular weight is 384 g/mol. The summed E-state index contributed by atoms with van der Waals surface area (Å²) in [5, 5.41) is 35.5. The number of nitrogens with one attached hydrogen (secondary N) is 1. The molecule has 0 spiro atoms. The van der Waals surface area contributed by atoms with E-state index in [9.17, 15) is 30.3 Å². The van der Waals surface area contributed by atoms with Gasteiger partial charge in [-0.2, -0.15) is 0 Å². The van der Waals surface area contributed by atoms with Crippen LogP contribution >= 0.6 is 15.9 Å². The zero-order valence-corrected chi connectivity index (χ0v) is 12.6. The minimum Gasteiger partial charge on any atom is -0.329 e. The topological polar surface area (TPSA) is 154 Å². The molecular formula is C11H6BrN5O6. The Hall–Kier alpha value is -3.15. The van der Waals surface area contributed by atoms with Crippen molar-refractivity contribution in [2.75, 3.05) is 5.32 Å². The van der Waals surface area contributed by atoms with Gasteiger partial charge < -0.3 is 5.32 Å². The van der Waals surface area contributed by atoms with E-state index in [0.29, 0.717) is 16.6 Å². The van der Waals surface area contributed by atoms with Crippen molar-refractivity contribution in [3.63, 3.8) is 0 Å². The van der Waals surface area contributed by atoms with Crippen LogP contribution in [0.4, 0.5) is 28.6 Å². The third kappa shape index (κ3) is 3.55. The second kappa shape index (κ2) is 6.31. The van der Waals surface area contributed by atoms with Gasteiger partial charge in [0.15, 0.2) is 5.69 Å². The van der Waals surface area contributed by atoms with Gasteiger partial charge in [-0.25, -0.2) is 4.98 Å². The molecule has 0 aliphatic carbocycles. The van der Waals surface area contributed by atoms with E-state index in [2.05, 4.69) is 26.2 Å². The summed E-state index contributed by atoms with van der Waals surface area (Å²) in [5.74, 6) is 0.105. The van der Waals surface area contributed by atoms with Crippen LogP contribution < -0.4 is 5.32 Å². The summed E-state index contributed by atoms with van der Waals surface area (Å²) >= 11 is 3.15. The van der Waals surface area contributed by atoms with E-state index in [1.165, 1.54) is 12.3 Å². The van der Waals surface area contributed by atoms with E-state index in [-0.39, 0.29) is 5.82 Å². The van der Waals surface area contributed by atoms with Gasteiger partial charge in [0.2, 0.25) is 0 Å². The molecule has 0 bridgehead atoms. The minimum atomic E-state index is -0.943. The molecule has 23 heavy (non-hydrogen) atoms. The van der Waals surface area contributed by atoms with Crippen molar-refractivity contribution in [2.24, 2.45) is 0 Å². The number of hydrogen-bond acceptors (Lipinski definition) is 8. The monoisotopic (exact) mass is 383 g/mol. The quantitative estimate of drug-likeness (QED) is 0.608. The van der Waals surface area contributed by atoms with Crippen LogP contribution in [0.15, 0.2) is 34.9 Å². The number of hydrogen-bond donors (Lipinski definition) is 1. The van der Waals surface area contributed by atoms with Gasteiger partial charge >= 0.3 is 11.4 Å². The second-order valence-electron chi connectivity index (χ2n) is 4.12. The van der Waals surface area contributed by atoms with Crippen LogP contribution in [0.1, 0.15) is 0 Å². The molecule has 12 heteroatoms. The second-order valence-corrected chi connectivity index (χ2v) is 5.03. The van der Waals surface area contributed by atoms with Crippen molar-refractivity contribution in [3.05, 3.63) is 65.3 Å². The summed E-state index contributed by atoms with van der Waals surface area (Å²) in [6.07, 6.45) is 1.38. The molecule has 0 saturated heterocycles. The van der Waals surface area contributed by atoms with Crippen molar-refractivity contribution in [1.29, 1.82) is 0 Å². The first-order chi connectivity index (χ1) is 10.8. The normalized spacial score (nSPS) is 10.1. The smallest absolute Gasteiger partial charge is 0.306 e. The van der Waals surface area contributed by atoms with Crippen LogP contribution in [0.2, 0.25) is 0 Å². The summed E-state index contributed by atoms with van der Waals surface area (Å²) in [5.41, 5.74) is -2.83. The molecule has 1 aromatic heterocycles. The minimum absolute atomic E-state index is 0.105. The Kier molecular flexibility index (Phi) is 4.45. The number of aromatic nitrogens is 1. The Labute approximate surface area is 135 Å². The number of benzene rings is 1. The Morgan fingerprint density at radius 2 is 1.52 bits per heavy atom. The van der Waals surface area contributed by atoms with Gasteiger partial charge in [0.1, 0.15) is 5.82 Å². The van der Waals surface area contributed by atoms with Crippen LogP contribution in [0.3, 0.4) is 0 Å². The van der Waals surface area contributed by atoms with Gasteiger partial charge in [0.05, 0.1) is 26.9 Å². The zero-order valence-electron chi connectivity index (χ0n) is 11.0. The first-order valence-electron chi connectivity index (χ1n) is 5.79. The van der Waals surface area contributed by atoms with E-state index < -0.39 is 37.5 Å². The molecule has 1 N–H and O–H groups in total. The van der Waals surface area contributed by atoms with Crippen LogP contribution in [0, 0.1) is 30.3 Å². The predicted molar refractivity (Wildman–Crippen MR) is 81.6 cm³/mol. The van der Waals surface area contributed by atoms with Gasteiger partial charge in [-0.15, -0.1) is 0 Å². The molecule has 0 aliphatic rings. The molecule has 118 valence electrons. The van der Waals surface area contributed by atoms with E-state index in [1.54, 1.807) is 6.07 Å². The van der Waals surface area contributed by atoms with Gasteiger partial charge in [0.25, 0.3) is 5.69 Å². The molecule has 0 unspecified atom stereocenters. The van der Waals surface area contributed by atoms with E-state index >= 15 is 0 Å². The lowest BCUT2D eigenvalue weighted by Gasteiger charge is -2.07. The molecule has 2 rings (SSSR count). The number of halogens is 1. The van der Waals surface area contributed by atoms with Crippen molar-refractivity contribution < 1.29 is 14.8 Å². The zero-order chi connectivity index (χ0) is 17.1. The molecular weight excluding hydrogens is 378 g/mol. The predicted octanol–water partition coefficient (Wildman–Crippen LogP) is 3.31. The maximum atomic E-state index is 11.1. The summed E-state index contributed by atoms with van der Waals surface area (Å²) in [6.45, 7) is 0. The van der Waals surface area contributed by atoms with Crippen LogP contribution in [-0.4, -0.2) is 19.8 Å². The van der Waals surface area contributed by atoms with Crippen molar-refractivity contribution in [3.8, 4) is 0 Å². The molecule has 0 radical (unpaired) electrons. The number of rotatable bonds is 5. The summed E-state index contributed by atoms with van der Waals surface area (Å²) in [6, 6.07) is 4.29. The van der Waals surface area contributed by atoms with Crippen LogP contribution in [0.25, 0.3) is 0 Å². The number of nitro groups is 3. The maximum Gasteiger partial charge on any atom is 0.306 e. The van der Waals surface area contributed by atoms with Gasteiger partial charge in [-0.3, -0.25) is 30.3 Å². The highest BCUT2D eigenvalue weighted by atomic mass is 79.9. The first kappa shape index (κ1) is 16.2. The Morgan fingerprint density at radius 3 is 1.91 bits per heavy atom. The van der Waals surface area contributed by atoms with E-state index in [1.807, 2.05) is 0 Å². The summed E-state index contributed by atoms with van der Waals surface area (Å²) in [4.78, 5) is 34.1. The molecule has 0 saturated carbocycles. The SMILES string of the molecule is O=[N+]([O-])c1cc([N+](=O)[O-])c(Nc2ccc(Br)cn2)c([N+](=O)[O-])c1. The highest BCUT2D eigenvalue weighted by Crippen LogP contribution is 2.39. The highest BCUT2D eigenvalue weighted by molar-refractivity contribution is 9.10. The number of non-ortho nitro benzene ring substituents is 1. The third-order valence-corrected chi connectivity index (χ3v) is 3.14. The third-order valence-electron chi connectivity index (χ3n) is 2.67. The van der Waals surface area contributed by atoms with Gasteiger partial charge in [-0.1, -0.05) is 0 Å².